The maximum absolute atomic E-state index is 13.6. The van der Waals surface area contributed by atoms with Crippen LogP contribution in [-0.2, 0) is 17.9 Å². The summed E-state index contributed by atoms with van der Waals surface area (Å²) in [5.41, 5.74) is 6.05. The molecule has 0 spiro atoms. The van der Waals surface area contributed by atoms with Crippen LogP contribution in [0.25, 0.3) is 0 Å². The second-order valence-electron chi connectivity index (χ2n) is 4.52. The fourth-order valence-corrected chi connectivity index (χ4v) is 1.81. The number of nitrogens with zero attached hydrogens (tertiary/aromatic N) is 4. The van der Waals surface area contributed by atoms with Gasteiger partial charge in [0.2, 0.25) is 11.9 Å². The van der Waals surface area contributed by atoms with Gasteiger partial charge < -0.3 is 15.4 Å². The molecular formula is C13H16FN5O2. The van der Waals surface area contributed by atoms with Crippen LogP contribution in [0.4, 0.5) is 10.3 Å². The molecule has 1 aromatic heterocycles. The molecule has 21 heavy (non-hydrogen) atoms. The maximum Gasteiger partial charge on any atom is 0.244 e. The number of anilines is 1. The average Bonchev–Trinajstić information content (AvgIpc) is 2.84. The van der Waals surface area contributed by atoms with E-state index in [4.69, 9.17) is 10.5 Å². The Morgan fingerprint density at radius 2 is 2.29 bits per heavy atom. The van der Waals surface area contributed by atoms with E-state index in [9.17, 15) is 9.18 Å². The number of rotatable bonds is 5. The quantitative estimate of drug-likeness (QED) is 0.875. The Labute approximate surface area is 121 Å². The molecule has 0 saturated heterocycles. The molecule has 0 bridgehead atoms. The van der Waals surface area contributed by atoms with Crippen molar-refractivity contribution in [3.05, 3.63) is 35.9 Å². The van der Waals surface area contributed by atoms with Crippen molar-refractivity contribution in [2.75, 3.05) is 19.9 Å². The molecule has 1 amide bonds. The number of aromatic nitrogens is 3. The summed E-state index contributed by atoms with van der Waals surface area (Å²) >= 11 is 0. The van der Waals surface area contributed by atoms with E-state index in [1.54, 1.807) is 13.1 Å². The van der Waals surface area contributed by atoms with Crippen molar-refractivity contribution < 1.29 is 13.9 Å². The van der Waals surface area contributed by atoms with Gasteiger partial charge in [0.25, 0.3) is 0 Å². The van der Waals surface area contributed by atoms with Gasteiger partial charge in [-0.05, 0) is 17.7 Å². The molecule has 0 unspecified atom stereocenters. The summed E-state index contributed by atoms with van der Waals surface area (Å²) in [4.78, 5) is 17.2. The maximum atomic E-state index is 13.6. The summed E-state index contributed by atoms with van der Waals surface area (Å²) in [7, 11) is 3.03. The Balaban J connectivity index is 1.98. The number of ether oxygens (including phenoxy) is 1. The summed E-state index contributed by atoms with van der Waals surface area (Å²) in [6.45, 7) is 0.309. The molecule has 1 aromatic carbocycles. The van der Waals surface area contributed by atoms with Crippen LogP contribution in [-0.4, -0.2) is 39.7 Å². The van der Waals surface area contributed by atoms with Crippen molar-refractivity contribution in [3.8, 4) is 5.75 Å². The van der Waals surface area contributed by atoms with Crippen LogP contribution in [0.1, 0.15) is 5.56 Å². The highest BCUT2D eigenvalue weighted by molar-refractivity contribution is 5.75. The van der Waals surface area contributed by atoms with Gasteiger partial charge in [0, 0.05) is 13.6 Å². The predicted octanol–water partition coefficient (Wildman–Crippen LogP) is 0.667. The smallest absolute Gasteiger partial charge is 0.244 e. The lowest BCUT2D eigenvalue weighted by atomic mass is 10.2. The number of hydrogen-bond acceptors (Lipinski definition) is 5. The highest BCUT2D eigenvalue weighted by Gasteiger charge is 2.12. The van der Waals surface area contributed by atoms with Gasteiger partial charge in [-0.15, -0.1) is 5.10 Å². The molecule has 0 saturated carbocycles. The zero-order valence-electron chi connectivity index (χ0n) is 11.8. The van der Waals surface area contributed by atoms with E-state index >= 15 is 0 Å². The number of carbonyl (C=O) groups excluding carboxylic acids is 1. The molecule has 0 radical (unpaired) electrons. The van der Waals surface area contributed by atoms with Gasteiger partial charge >= 0.3 is 0 Å². The van der Waals surface area contributed by atoms with Gasteiger partial charge in [-0.3, -0.25) is 4.79 Å². The Kier molecular flexibility index (Phi) is 4.36. The van der Waals surface area contributed by atoms with Gasteiger partial charge in [-0.1, -0.05) is 6.07 Å². The lowest BCUT2D eigenvalue weighted by Crippen LogP contribution is -2.30. The summed E-state index contributed by atoms with van der Waals surface area (Å²) in [5, 5.41) is 3.84. The van der Waals surface area contributed by atoms with E-state index in [1.807, 2.05) is 0 Å². The topological polar surface area (TPSA) is 86.3 Å². The molecule has 7 nitrogen and oxygen atoms in total. The van der Waals surface area contributed by atoms with Crippen LogP contribution in [0.2, 0.25) is 0 Å². The first-order chi connectivity index (χ1) is 9.99. The fraction of sp³-hybridized carbons (Fsp3) is 0.308. The van der Waals surface area contributed by atoms with Crippen LogP contribution in [0.15, 0.2) is 24.5 Å². The predicted molar refractivity (Wildman–Crippen MR) is 73.9 cm³/mol. The Morgan fingerprint density at radius 3 is 2.86 bits per heavy atom. The molecule has 2 N–H and O–H groups in total. The van der Waals surface area contributed by atoms with E-state index in [2.05, 4.69) is 10.1 Å². The van der Waals surface area contributed by atoms with Crippen molar-refractivity contribution in [3.63, 3.8) is 0 Å². The second kappa shape index (κ2) is 6.21. The minimum atomic E-state index is -0.458. The molecule has 1 heterocycles. The van der Waals surface area contributed by atoms with Crippen LogP contribution >= 0.6 is 0 Å². The third-order valence-electron chi connectivity index (χ3n) is 2.91. The number of methoxy groups -OCH3 is 1. The number of amides is 1. The molecule has 0 aliphatic heterocycles. The van der Waals surface area contributed by atoms with Crippen LogP contribution in [0.3, 0.4) is 0 Å². The monoisotopic (exact) mass is 293 g/mol. The first kappa shape index (κ1) is 14.8. The van der Waals surface area contributed by atoms with Crippen molar-refractivity contribution >= 4 is 11.9 Å². The molecule has 8 heteroatoms. The van der Waals surface area contributed by atoms with E-state index < -0.39 is 5.82 Å². The van der Waals surface area contributed by atoms with Gasteiger partial charge in [0.05, 0.1) is 7.11 Å². The van der Waals surface area contributed by atoms with Crippen molar-refractivity contribution in [2.24, 2.45) is 0 Å². The number of nitrogen functional groups attached to an aromatic ring is 1. The van der Waals surface area contributed by atoms with Crippen LogP contribution in [0.5, 0.6) is 5.75 Å². The Bertz CT molecular complexity index is 643. The van der Waals surface area contributed by atoms with Crippen molar-refractivity contribution in [1.82, 2.24) is 19.7 Å². The summed E-state index contributed by atoms with van der Waals surface area (Å²) < 4.78 is 19.8. The lowest BCUT2D eigenvalue weighted by Gasteiger charge is -2.17. The third-order valence-corrected chi connectivity index (χ3v) is 2.91. The molecular weight excluding hydrogens is 277 g/mol. The normalized spacial score (nSPS) is 10.4. The van der Waals surface area contributed by atoms with Crippen LogP contribution in [0, 0.1) is 5.82 Å². The van der Waals surface area contributed by atoms with E-state index in [-0.39, 0.29) is 30.7 Å². The van der Waals surface area contributed by atoms with E-state index in [0.717, 1.165) is 0 Å². The van der Waals surface area contributed by atoms with E-state index in [1.165, 1.54) is 35.2 Å². The summed E-state index contributed by atoms with van der Waals surface area (Å²) in [5.74, 6) is -0.357. The third kappa shape index (κ3) is 3.68. The first-order valence-corrected chi connectivity index (χ1v) is 6.21. The highest BCUT2D eigenvalue weighted by Crippen LogP contribution is 2.18. The molecule has 2 aromatic rings. The van der Waals surface area contributed by atoms with Crippen molar-refractivity contribution in [2.45, 2.75) is 13.1 Å². The number of halogens is 1. The molecule has 0 fully saturated rings. The van der Waals surface area contributed by atoms with Crippen LogP contribution < -0.4 is 10.5 Å². The minimum absolute atomic E-state index is 0.0271. The molecule has 0 aliphatic rings. The number of benzene rings is 1. The highest BCUT2D eigenvalue weighted by atomic mass is 19.1. The lowest BCUT2D eigenvalue weighted by molar-refractivity contribution is -0.131. The SMILES string of the molecule is COc1ccc(CN(C)C(=O)Cn2cnc(N)n2)cc1F. The molecule has 0 atom stereocenters. The minimum Gasteiger partial charge on any atom is -0.494 e. The number of likely N-dealkylation sites (N-methyl/N-ethyl adjacent to an activating group) is 1. The van der Waals surface area contributed by atoms with Gasteiger partial charge in [-0.2, -0.15) is 0 Å². The number of hydrogen-bond donors (Lipinski definition) is 1. The molecule has 2 rings (SSSR count). The summed E-state index contributed by atoms with van der Waals surface area (Å²) in [6.07, 6.45) is 1.38. The summed E-state index contributed by atoms with van der Waals surface area (Å²) in [6, 6.07) is 4.58. The fourth-order valence-electron chi connectivity index (χ4n) is 1.81. The standard InChI is InChI=1S/C13H16FN5O2/c1-18(12(20)7-19-8-16-13(15)17-19)6-9-3-4-11(21-2)10(14)5-9/h3-5,8H,6-7H2,1-2H3,(H2,15,17). The number of nitrogens with two attached hydrogens (primary N) is 1. The first-order valence-electron chi connectivity index (χ1n) is 6.21. The van der Waals surface area contributed by atoms with Crippen molar-refractivity contribution in [1.29, 1.82) is 0 Å². The van der Waals surface area contributed by atoms with Gasteiger partial charge in [0.1, 0.15) is 12.9 Å². The Hall–Kier alpha value is -2.64. The van der Waals surface area contributed by atoms with Gasteiger partial charge in [0.15, 0.2) is 11.6 Å². The van der Waals surface area contributed by atoms with E-state index in [0.29, 0.717) is 5.56 Å². The van der Waals surface area contributed by atoms with Gasteiger partial charge in [-0.25, -0.2) is 14.1 Å². The molecule has 0 aliphatic carbocycles. The molecule has 112 valence electrons. The zero-order valence-corrected chi connectivity index (χ0v) is 11.8. The largest absolute Gasteiger partial charge is 0.494 e. The average molecular weight is 293 g/mol. The Morgan fingerprint density at radius 1 is 1.52 bits per heavy atom. The number of carbonyl (C=O) groups is 1. The zero-order chi connectivity index (χ0) is 15.4. The second-order valence-corrected chi connectivity index (χ2v) is 4.52.